The summed E-state index contributed by atoms with van der Waals surface area (Å²) < 4.78 is 41.1. The Bertz CT molecular complexity index is 1390. The maximum Gasteiger partial charge on any atom is 0.244 e. The zero-order valence-electron chi connectivity index (χ0n) is 20.9. The number of nitrogens with one attached hydrogen (secondary N) is 1. The number of amides is 2. The van der Waals surface area contributed by atoms with Crippen LogP contribution in [-0.4, -0.2) is 50.5 Å². The van der Waals surface area contributed by atoms with Gasteiger partial charge in [-0.3, -0.25) is 13.9 Å². The normalized spacial score (nSPS) is 12.0. The molecule has 0 unspecified atom stereocenters. The van der Waals surface area contributed by atoms with Gasteiger partial charge in [0.15, 0.2) is 0 Å². The summed E-state index contributed by atoms with van der Waals surface area (Å²) in [5.74, 6) is -1.73. The number of carbonyl (C=O) groups is 2. The van der Waals surface area contributed by atoms with Crippen molar-refractivity contribution in [1.29, 1.82) is 0 Å². The number of nitrogens with zero attached hydrogens (tertiary/aromatic N) is 2. The van der Waals surface area contributed by atoms with Crippen LogP contribution in [0.3, 0.4) is 0 Å². The standard InChI is InChI=1S/C27H28Cl2FN3O4S/c1-3-31-27(35)25(15-19-9-5-4-6-10-19)32(17-20-11-7-8-12-23(20)30)26(34)18-33(38(2,36)37)24-16-21(28)13-14-22(24)29/h4-14,16,25H,3,15,17-18H2,1-2H3,(H,31,35)/t25-/m0/s1. The molecule has 0 aliphatic carbocycles. The molecule has 1 N–H and O–H groups in total. The molecular formula is C27H28Cl2FN3O4S. The van der Waals surface area contributed by atoms with Gasteiger partial charge in [0.2, 0.25) is 21.8 Å². The molecule has 202 valence electrons. The number of sulfonamides is 1. The van der Waals surface area contributed by atoms with Crippen LogP contribution < -0.4 is 9.62 Å². The van der Waals surface area contributed by atoms with E-state index in [0.29, 0.717) is 6.54 Å². The molecule has 0 radical (unpaired) electrons. The van der Waals surface area contributed by atoms with Crippen molar-refractivity contribution in [2.24, 2.45) is 0 Å². The predicted molar refractivity (Wildman–Crippen MR) is 148 cm³/mol. The first-order valence-corrected chi connectivity index (χ1v) is 14.4. The molecular weight excluding hydrogens is 552 g/mol. The van der Waals surface area contributed by atoms with E-state index in [4.69, 9.17) is 23.2 Å². The van der Waals surface area contributed by atoms with Crippen LogP contribution in [0.25, 0.3) is 0 Å². The quantitative estimate of drug-likeness (QED) is 0.357. The fraction of sp³-hybridized carbons (Fsp3) is 0.259. The Balaban J connectivity index is 2.08. The van der Waals surface area contributed by atoms with Gasteiger partial charge in [0.25, 0.3) is 0 Å². The Morgan fingerprint density at radius 3 is 2.29 bits per heavy atom. The molecule has 0 spiro atoms. The molecule has 0 fully saturated rings. The Morgan fingerprint density at radius 2 is 1.66 bits per heavy atom. The highest BCUT2D eigenvalue weighted by Crippen LogP contribution is 2.31. The molecule has 38 heavy (non-hydrogen) atoms. The largest absolute Gasteiger partial charge is 0.355 e. The monoisotopic (exact) mass is 579 g/mol. The van der Waals surface area contributed by atoms with E-state index in [0.717, 1.165) is 16.1 Å². The van der Waals surface area contributed by atoms with Crippen molar-refractivity contribution >= 4 is 50.7 Å². The number of hydrogen-bond acceptors (Lipinski definition) is 4. The van der Waals surface area contributed by atoms with Crippen molar-refractivity contribution in [2.45, 2.75) is 25.9 Å². The molecule has 3 rings (SSSR count). The number of halogens is 3. The average Bonchev–Trinajstić information content (AvgIpc) is 2.87. The van der Waals surface area contributed by atoms with Crippen LogP contribution in [0.5, 0.6) is 0 Å². The zero-order chi connectivity index (χ0) is 27.9. The molecule has 0 aliphatic rings. The molecule has 3 aromatic carbocycles. The first-order valence-electron chi connectivity index (χ1n) is 11.8. The summed E-state index contributed by atoms with van der Waals surface area (Å²) in [7, 11) is -4.01. The highest BCUT2D eigenvalue weighted by Gasteiger charge is 2.33. The van der Waals surface area contributed by atoms with Gasteiger partial charge in [-0.05, 0) is 36.8 Å². The summed E-state index contributed by atoms with van der Waals surface area (Å²) >= 11 is 12.4. The van der Waals surface area contributed by atoms with E-state index in [9.17, 15) is 22.4 Å². The lowest BCUT2D eigenvalue weighted by Crippen LogP contribution is -2.53. The smallest absolute Gasteiger partial charge is 0.244 e. The van der Waals surface area contributed by atoms with Crippen molar-refractivity contribution in [1.82, 2.24) is 10.2 Å². The van der Waals surface area contributed by atoms with Crippen LogP contribution >= 0.6 is 23.2 Å². The molecule has 7 nitrogen and oxygen atoms in total. The van der Waals surface area contributed by atoms with Gasteiger partial charge in [0.05, 0.1) is 17.0 Å². The van der Waals surface area contributed by atoms with Crippen molar-refractivity contribution in [3.05, 3.63) is 99.8 Å². The number of carbonyl (C=O) groups excluding carboxylic acids is 2. The number of anilines is 1. The van der Waals surface area contributed by atoms with Gasteiger partial charge in [0, 0.05) is 30.1 Å². The van der Waals surface area contributed by atoms with Crippen LogP contribution in [0.4, 0.5) is 10.1 Å². The highest BCUT2D eigenvalue weighted by molar-refractivity contribution is 7.92. The highest BCUT2D eigenvalue weighted by atomic mass is 35.5. The van der Waals surface area contributed by atoms with Crippen molar-refractivity contribution < 1.29 is 22.4 Å². The van der Waals surface area contributed by atoms with Gasteiger partial charge in [-0.2, -0.15) is 0 Å². The van der Waals surface area contributed by atoms with Crippen LogP contribution in [0, 0.1) is 5.82 Å². The summed E-state index contributed by atoms with van der Waals surface area (Å²) in [6, 6.07) is 18.2. The molecule has 1 atom stereocenters. The first-order chi connectivity index (χ1) is 18.0. The summed E-state index contributed by atoms with van der Waals surface area (Å²) in [6.45, 7) is 1.10. The average molecular weight is 581 g/mol. The van der Waals surface area contributed by atoms with Gasteiger partial charge in [-0.1, -0.05) is 71.7 Å². The van der Waals surface area contributed by atoms with Crippen LogP contribution in [0.2, 0.25) is 10.0 Å². The summed E-state index contributed by atoms with van der Waals surface area (Å²) in [6.07, 6.45) is 1.06. The molecule has 0 heterocycles. The van der Waals surface area contributed by atoms with Gasteiger partial charge < -0.3 is 10.2 Å². The number of likely N-dealkylation sites (N-methyl/N-ethyl adjacent to an activating group) is 1. The number of hydrogen-bond donors (Lipinski definition) is 1. The lowest BCUT2D eigenvalue weighted by atomic mass is 10.0. The summed E-state index contributed by atoms with van der Waals surface area (Å²) in [5, 5.41) is 3.02. The van der Waals surface area contributed by atoms with Gasteiger partial charge >= 0.3 is 0 Å². The Kier molecular flexibility index (Phi) is 10.1. The van der Waals surface area contributed by atoms with E-state index >= 15 is 0 Å². The Hall–Kier alpha value is -3.14. The minimum Gasteiger partial charge on any atom is -0.355 e. The maximum absolute atomic E-state index is 14.7. The molecule has 3 aromatic rings. The molecule has 0 aromatic heterocycles. The van der Waals surface area contributed by atoms with Crippen molar-refractivity contribution in [3.8, 4) is 0 Å². The van der Waals surface area contributed by atoms with E-state index < -0.39 is 40.2 Å². The lowest BCUT2D eigenvalue weighted by Gasteiger charge is -2.33. The third-order valence-corrected chi connectivity index (χ3v) is 7.46. The van der Waals surface area contributed by atoms with E-state index in [1.807, 2.05) is 18.2 Å². The van der Waals surface area contributed by atoms with Gasteiger partial charge in [0.1, 0.15) is 18.4 Å². The predicted octanol–water partition coefficient (Wildman–Crippen LogP) is 4.67. The lowest BCUT2D eigenvalue weighted by molar-refractivity contribution is -0.140. The third-order valence-electron chi connectivity index (χ3n) is 5.78. The Morgan fingerprint density at radius 1 is 1.00 bits per heavy atom. The minimum atomic E-state index is -4.01. The fourth-order valence-corrected chi connectivity index (χ4v) is 5.22. The van der Waals surface area contributed by atoms with Gasteiger partial charge in [-0.25, -0.2) is 12.8 Å². The molecule has 0 saturated heterocycles. The topological polar surface area (TPSA) is 86.8 Å². The Labute approximate surface area is 232 Å². The first kappa shape index (κ1) is 29.4. The van der Waals surface area contributed by atoms with Crippen LogP contribution in [-0.2, 0) is 32.6 Å². The maximum atomic E-state index is 14.7. The van der Waals surface area contributed by atoms with Crippen LogP contribution in [0.1, 0.15) is 18.1 Å². The molecule has 0 aliphatic heterocycles. The van der Waals surface area contributed by atoms with E-state index in [2.05, 4.69) is 5.32 Å². The third kappa shape index (κ3) is 7.69. The molecule has 0 saturated carbocycles. The minimum absolute atomic E-state index is 0.0125. The second-order valence-corrected chi connectivity index (χ2v) is 11.3. The van der Waals surface area contributed by atoms with E-state index in [-0.39, 0.29) is 34.3 Å². The van der Waals surface area contributed by atoms with E-state index in [1.54, 1.807) is 25.1 Å². The second-order valence-electron chi connectivity index (χ2n) is 8.58. The molecule has 0 bridgehead atoms. The van der Waals surface area contributed by atoms with Gasteiger partial charge in [-0.15, -0.1) is 0 Å². The zero-order valence-corrected chi connectivity index (χ0v) is 23.2. The molecule has 11 heteroatoms. The van der Waals surface area contributed by atoms with Crippen molar-refractivity contribution in [2.75, 3.05) is 23.7 Å². The van der Waals surface area contributed by atoms with Crippen molar-refractivity contribution in [3.63, 3.8) is 0 Å². The van der Waals surface area contributed by atoms with Crippen LogP contribution in [0.15, 0.2) is 72.8 Å². The summed E-state index contributed by atoms with van der Waals surface area (Å²) in [5.41, 5.74) is 0.960. The second kappa shape index (κ2) is 13.1. The van der Waals surface area contributed by atoms with E-state index in [1.165, 1.54) is 41.3 Å². The fourth-order valence-electron chi connectivity index (χ4n) is 3.93. The number of rotatable bonds is 11. The number of benzene rings is 3. The SMILES string of the molecule is CCNC(=O)[C@H](Cc1ccccc1)N(Cc1ccccc1F)C(=O)CN(c1cc(Cl)ccc1Cl)S(C)(=O)=O. The summed E-state index contributed by atoms with van der Waals surface area (Å²) in [4.78, 5) is 28.3. The molecule has 2 amide bonds.